The monoisotopic (exact) mass is 422 g/mol. The molecular weight excluding hydrogens is 392 g/mol. The number of fused-ring (bicyclic) bond motifs is 2. The lowest BCUT2D eigenvalue weighted by atomic mass is 9.84. The van der Waals surface area contributed by atoms with E-state index in [9.17, 15) is 0 Å². The van der Waals surface area contributed by atoms with Crippen molar-refractivity contribution < 1.29 is 0 Å². The predicted octanol–water partition coefficient (Wildman–Crippen LogP) is 5.33. The first kappa shape index (κ1) is 19.8. The summed E-state index contributed by atoms with van der Waals surface area (Å²) in [6.45, 7) is 8.92. The summed E-state index contributed by atoms with van der Waals surface area (Å²) in [5, 5.41) is 13.7. The first-order chi connectivity index (χ1) is 14.5. The van der Waals surface area contributed by atoms with Crippen molar-refractivity contribution in [3.8, 4) is 5.69 Å². The second-order valence-corrected chi connectivity index (χ2v) is 10.4. The first-order valence-electron chi connectivity index (χ1n) is 11.1. The molecule has 2 aliphatic carbocycles. The largest absolute Gasteiger partial charge is 0.320 e. The molecule has 5 unspecified atom stereocenters. The van der Waals surface area contributed by atoms with E-state index in [1.165, 1.54) is 31.4 Å². The number of benzene rings is 1. The molecule has 2 aliphatic rings. The summed E-state index contributed by atoms with van der Waals surface area (Å²) in [6.07, 6.45) is 5.68. The van der Waals surface area contributed by atoms with Crippen LogP contribution in [0.15, 0.2) is 35.5 Å². The van der Waals surface area contributed by atoms with Crippen molar-refractivity contribution in [2.45, 2.75) is 69.8 Å². The van der Waals surface area contributed by atoms with E-state index in [2.05, 4.69) is 47.8 Å². The molecule has 2 fully saturated rings. The molecule has 1 aromatic carbocycles. The summed E-state index contributed by atoms with van der Waals surface area (Å²) in [4.78, 5) is 4.97. The second-order valence-electron chi connectivity index (χ2n) is 9.06. The van der Waals surface area contributed by atoms with E-state index in [1.54, 1.807) is 11.8 Å². The van der Waals surface area contributed by atoms with Gasteiger partial charge in [-0.3, -0.25) is 0 Å². The average Bonchev–Trinajstić information content (AvgIpc) is 3.53. The molecule has 3 aromatic rings. The molecule has 0 spiro atoms. The lowest BCUT2D eigenvalue weighted by Crippen LogP contribution is -2.23. The summed E-state index contributed by atoms with van der Waals surface area (Å²) in [5.74, 6) is 3.48. The van der Waals surface area contributed by atoms with Crippen LogP contribution in [0.1, 0.15) is 68.0 Å². The standard InChI is InChI=1S/C23H30N6S/c1-14-15(2)28(16(3)21-13-18-10-11-19(21)12-18)23(24-14)30-17(4)22-25-26-27-29(22)20-8-6-5-7-9-20/h5-9,16-19,21H,10-13H2,1-4H3. The molecule has 158 valence electrons. The first-order valence-corrected chi connectivity index (χ1v) is 12.0. The van der Waals surface area contributed by atoms with Gasteiger partial charge in [-0.1, -0.05) is 36.4 Å². The summed E-state index contributed by atoms with van der Waals surface area (Å²) in [5.41, 5.74) is 3.40. The Morgan fingerprint density at radius 1 is 1.07 bits per heavy atom. The summed E-state index contributed by atoms with van der Waals surface area (Å²) in [6, 6.07) is 10.6. The fourth-order valence-electron chi connectivity index (χ4n) is 5.65. The van der Waals surface area contributed by atoms with Crippen LogP contribution in [-0.2, 0) is 0 Å². The minimum absolute atomic E-state index is 0.0902. The Hall–Kier alpha value is -2.15. The van der Waals surface area contributed by atoms with Crippen molar-refractivity contribution in [1.82, 2.24) is 29.8 Å². The van der Waals surface area contributed by atoms with Gasteiger partial charge in [0.15, 0.2) is 11.0 Å². The van der Waals surface area contributed by atoms with Crippen molar-refractivity contribution in [3.05, 3.63) is 47.5 Å². The molecule has 2 bridgehead atoms. The van der Waals surface area contributed by atoms with E-state index >= 15 is 0 Å². The number of hydrogen-bond acceptors (Lipinski definition) is 5. The normalized spacial score (nSPS) is 25.0. The Balaban J connectivity index is 1.42. The van der Waals surface area contributed by atoms with Gasteiger partial charge in [0.2, 0.25) is 0 Å². The number of imidazole rings is 1. The lowest BCUT2D eigenvalue weighted by molar-refractivity contribution is 0.232. The van der Waals surface area contributed by atoms with Gasteiger partial charge < -0.3 is 4.57 Å². The SMILES string of the molecule is Cc1nc(SC(C)c2nnnn2-c2ccccc2)n(C(C)C2CC3CCC2C3)c1C. The van der Waals surface area contributed by atoms with Crippen molar-refractivity contribution in [3.63, 3.8) is 0 Å². The van der Waals surface area contributed by atoms with E-state index in [-0.39, 0.29) is 5.25 Å². The third kappa shape index (κ3) is 3.37. The van der Waals surface area contributed by atoms with Gasteiger partial charge in [-0.2, -0.15) is 4.68 Å². The Kier molecular flexibility index (Phi) is 5.17. The van der Waals surface area contributed by atoms with Gasteiger partial charge in [0, 0.05) is 11.7 Å². The van der Waals surface area contributed by atoms with Crippen LogP contribution in [0.25, 0.3) is 5.69 Å². The van der Waals surface area contributed by atoms with Crippen LogP contribution < -0.4 is 0 Å². The minimum atomic E-state index is 0.0902. The molecule has 7 heteroatoms. The van der Waals surface area contributed by atoms with Gasteiger partial charge in [-0.15, -0.1) is 5.10 Å². The summed E-state index contributed by atoms with van der Waals surface area (Å²) in [7, 11) is 0. The maximum Gasteiger partial charge on any atom is 0.169 e. The molecule has 2 heterocycles. The van der Waals surface area contributed by atoms with E-state index in [0.717, 1.165) is 40.1 Å². The zero-order chi connectivity index (χ0) is 20.8. The summed E-state index contributed by atoms with van der Waals surface area (Å²) < 4.78 is 4.34. The molecule has 0 radical (unpaired) electrons. The van der Waals surface area contributed by atoms with Crippen LogP contribution in [0.3, 0.4) is 0 Å². The maximum absolute atomic E-state index is 4.97. The number of nitrogens with zero attached hydrogens (tertiary/aromatic N) is 6. The predicted molar refractivity (Wildman–Crippen MR) is 119 cm³/mol. The molecule has 6 nitrogen and oxygen atoms in total. The molecule has 2 saturated carbocycles. The zero-order valence-corrected chi connectivity index (χ0v) is 19.0. The third-order valence-corrected chi connectivity index (χ3v) is 8.38. The van der Waals surface area contributed by atoms with Gasteiger partial charge >= 0.3 is 0 Å². The molecule has 2 aromatic heterocycles. The summed E-state index contributed by atoms with van der Waals surface area (Å²) >= 11 is 1.77. The van der Waals surface area contributed by atoms with E-state index < -0.39 is 0 Å². The number of aromatic nitrogens is 6. The van der Waals surface area contributed by atoms with Gasteiger partial charge in [0.1, 0.15) is 0 Å². The quantitative estimate of drug-likeness (QED) is 0.503. The van der Waals surface area contributed by atoms with Crippen LogP contribution in [0.5, 0.6) is 0 Å². The Morgan fingerprint density at radius 2 is 1.87 bits per heavy atom. The van der Waals surface area contributed by atoms with Crippen molar-refractivity contribution in [2.75, 3.05) is 0 Å². The minimum Gasteiger partial charge on any atom is -0.320 e. The number of rotatable bonds is 6. The number of hydrogen-bond donors (Lipinski definition) is 0. The number of tetrazole rings is 1. The Labute approximate surface area is 182 Å². The van der Waals surface area contributed by atoms with Crippen LogP contribution >= 0.6 is 11.8 Å². The zero-order valence-electron chi connectivity index (χ0n) is 18.2. The van der Waals surface area contributed by atoms with Crippen molar-refractivity contribution in [1.29, 1.82) is 0 Å². The smallest absolute Gasteiger partial charge is 0.169 e. The van der Waals surface area contributed by atoms with Gasteiger partial charge in [0.05, 0.1) is 16.6 Å². The molecule has 0 aliphatic heterocycles. The maximum atomic E-state index is 4.97. The van der Waals surface area contributed by atoms with E-state index in [1.807, 2.05) is 35.0 Å². The molecule has 0 N–H and O–H groups in total. The van der Waals surface area contributed by atoms with E-state index in [0.29, 0.717) is 6.04 Å². The van der Waals surface area contributed by atoms with Gasteiger partial charge in [-0.25, -0.2) is 4.98 Å². The molecule has 0 saturated heterocycles. The van der Waals surface area contributed by atoms with Crippen LogP contribution in [0.4, 0.5) is 0 Å². The molecule has 0 amide bonds. The van der Waals surface area contributed by atoms with Gasteiger partial charge in [-0.05, 0) is 87.3 Å². The highest BCUT2D eigenvalue weighted by atomic mass is 32.2. The van der Waals surface area contributed by atoms with E-state index in [4.69, 9.17) is 4.98 Å². The molecular formula is C23H30N6S. The fourth-order valence-corrected chi connectivity index (χ4v) is 6.82. The highest BCUT2D eigenvalue weighted by molar-refractivity contribution is 7.99. The topological polar surface area (TPSA) is 61.4 Å². The average molecular weight is 423 g/mol. The second kappa shape index (κ2) is 7.84. The number of aryl methyl sites for hydroxylation is 1. The lowest BCUT2D eigenvalue weighted by Gasteiger charge is -2.31. The van der Waals surface area contributed by atoms with Crippen LogP contribution in [0.2, 0.25) is 0 Å². The highest BCUT2D eigenvalue weighted by Crippen LogP contribution is 2.53. The van der Waals surface area contributed by atoms with Gasteiger partial charge in [0.25, 0.3) is 0 Å². The Morgan fingerprint density at radius 3 is 2.57 bits per heavy atom. The van der Waals surface area contributed by atoms with Crippen LogP contribution in [-0.4, -0.2) is 29.8 Å². The third-order valence-electron chi connectivity index (χ3n) is 7.31. The Bertz CT molecular complexity index is 1030. The fraction of sp³-hybridized carbons (Fsp3) is 0.565. The van der Waals surface area contributed by atoms with Crippen molar-refractivity contribution >= 4 is 11.8 Å². The number of thioether (sulfide) groups is 1. The molecule has 5 atom stereocenters. The van der Waals surface area contributed by atoms with Crippen LogP contribution in [0, 0.1) is 31.6 Å². The van der Waals surface area contributed by atoms with Crippen molar-refractivity contribution in [2.24, 2.45) is 17.8 Å². The number of para-hydroxylation sites is 1. The molecule has 5 rings (SSSR count). The molecule has 30 heavy (non-hydrogen) atoms. The highest BCUT2D eigenvalue weighted by Gasteiger charge is 2.43.